The number of amides is 2. The van der Waals surface area contributed by atoms with Crippen molar-refractivity contribution in [2.75, 3.05) is 29.9 Å². The Kier molecular flexibility index (Phi) is 5.24. The van der Waals surface area contributed by atoms with Gasteiger partial charge in [0.2, 0.25) is 5.91 Å². The normalized spacial score (nSPS) is 22.5. The Hall–Kier alpha value is -2.55. The van der Waals surface area contributed by atoms with Crippen LogP contribution in [-0.2, 0) is 9.53 Å². The van der Waals surface area contributed by atoms with E-state index in [1.54, 1.807) is 13.2 Å². The average Bonchev–Trinajstić information content (AvgIpc) is 3.14. The first-order valence-corrected chi connectivity index (χ1v) is 10.2. The number of anilines is 2. The predicted molar refractivity (Wildman–Crippen MR) is 108 cm³/mol. The summed E-state index contributed by atoms with van der Waals surface area (Å²) in [5.74, 6) is -1.58. The molecule has 6 nitrogen and oxygen atoms in total. The Morgan fingerprint density at radius 2 is 2.07 bits per heavy atom. The highest BCUT2D eigenvalue weighted by molar-refractivity contribution is 8.16. The number of cyclic esters (lactones) is 1. The average molecular weight is 421 g/mol. The van der Waals surface area contributed by atoms with E-state index in [0.717, 1.165) is 41.2 Å². The summed E-state index contributed by atoms with van der Waals surface area (Å²) in [5, 5.41) is 2.78. The van der Waals surface area contributed by atoms with Gasteiger partial charge >= 0.3 is 6.09 Å². The highest BCUT2D eigenvalue weighted by atomic mass is 32.2. The fourth-order valence-electron chi connectivity index (χ4n) is 3.36. The molecule has 1 aliphatic carbocycles. The maximum Gasteiger partial charge on any atom is 0.414 e. The lowest BCUT2D eigenvalue weighted by Gasteiger charge is -2.24. The van der Waals surface area contributed by atoms with E-state index >= 15 is 0 Å². The Morgan fingerprint density at radius 1 is 1.41 bits per heavy atom. The molecule has 1 aromatic rings. The van der Waals surface area contributed by atoms with Crippen molar-refractivity contribution in [3.8, 4) is 0 Å². The van der Waals surface area contributed by atoms with E-state index in [-0.39, 0.29) is 36.3 Å². The molecule has 0 unspecified atom stereocenters. The number of benzene rings is 1. The van der Waals surface area contributed by atoms with Crippen molar-refractivity contribution in [2.45, 2.75) is 25.4 Å². The second kappa shape index (κ2) is 7.70. The number of nitrogens with one attached hydrogen (secondary N) is 1. The minimum absolute atomic E-state index is 0.0390. The SMILES string of the molecule is C=C1S/C1=C/N(C)c1c(F)cc(N2C[C@H](CNC(=O)C3CCC3)OC2=O)cc1F. The van der Waals surface area contributed by atoms with Gasteiger partial charge in [0, 0.05) is 41.1 Å². The van der Waals surface area contributed by atoms with Crippen LogP contribution in [0.5, 0.6) is 0 Å². The van der Waals surface area contributed by atoms with Crippen molar-refractivity contribution in [1.29, 1.82) is 0 Å². The van der Waals surface area contributed by atoms with Crippen molar-refractivity contribution in [3.05, 3.63) is 46.4 Å². The van der Waals surface area contributed by atoms with Gasteiger partial charge in [-0.2, -0.15) is 0 Å². The van der Waals surface area contributed by atoms with Gasteiger partial charge in [0.15, 0.2) is 11.6 Å². The maximum atomic E-state index is 14.6. The highest BCUT2D eigenvalue weighted by Gasteiger charge is 2.34. The van der Waals surface area contributed by atoms with E-state index in [2.05, 4.69) is 11.9 Å². The van der Waals surface area contributed by atoms with Crippen molar-refractivity contribution >= 4 is 35.1 Å². The van der Waals surface area contributed by atoms with E-state index in [9.17, 15) is 18.4 Å². The molecule has 2 amide bonds. The number of hydrogen-bond acceptors (Lipinski definition) is 5. The molecule has 2 heterocycles. The maximum absolute atomic E-state index is 14.6. The molecule has 1 N–H and O–H groups in total. The molecule has 1 saturated carbocycles. The number of carbonyl (C=O) groups excluding carboxylic acids is 2. The first-order chi connectivity index (χ1) is 13.8. The van der Waals surface area contributed by atoms with Gasteiger partial charge in [0.25, 0.3) is 0 Å². The lowest BCUT2D eigenvalue weighted by atomic mass is 9.85. The van der Waals surface area contributed by atoms with Gasteiger partial charge in [-0.1, -0.05) is 24.8 Å². The highest BCUT2D eigenvalue weighted by Crippen LogP contribution is 2.49. The van der Waals surface area contributed by atoms with Crippen molar-refractivity contribution in [2.24, 2.45) is 5.92 Å². The van der Waals surface area contributed by atoms with Gasteiger partial charge in [-0.05, 0) is 12.8 Å². The quantitative estimate of drug-likeness (QED) is 0.709. The monoisotopic (exact) mass is 421 g/mol. The number of thioether (sulfide) groups is 1. The summed E-state index contributed by atoms with van der Waals surface area (Å²) in [4.78, 5) is 28.4. The lowest BCUT2D eigenvalue weighted by Crippen LogP contribution is -2.40. The van der Waals surface area contributed by atoms with Crippen LogP contribution in [0.2, 0.25) is 0 Å². The number of carbonyl (C=O) groups is 2. The second-order valence-corrected chi connectivity index (χ2v) is 8.51. The fourth-order valence-corrected chi connectivity index (χ4v) is 3.84. The second-order valence-electron chi connectivity index (χ2n) is 7.38. The van der Waals surface area contributed by atoms with Gasteiger partial charge in [-0.15, -0.1) is 0 Å². The van der Waals surface area contributed by atoms with Crippen LogP contribution in [0.1, 0.15) is 19.3 Å². The molecule has 9 heteroatoms. The van der Waals surface area contributed by atoms with Gasteiger partial charge in [0.1, 0.15) is 11.8 Å². The van der Waals surface area contributed by atoms with Crippen LogP contribution in [0.3, 0.4) is 0 Å². The Labute approximate surface area is 171 Å². The molecule has 1 atom stereocenters. The molecule has 3 fully saturated rings. The molecule has 2 aliphatic heterocycles. The summed E-state index contributed by atoms with van der Waals surface area (Å²) in [7, 11) is 1.55. The van der Waals surface area contributed by atoms with E-state index in [4.69, 9.17) is 4.74 Å². The number of rotatable bonds is 6. The number of halogens is 2. The molecular formula is C20H21F2N3O3S. The van der Waals surface area contributed by atoms with E-state index < -0.39 is 23.8 Å². The zero-order valence-electron chi connectivity index (χ0n) is 15.9. The largest absolute Gasteiger partial charge is 0.442 e. The third-order valence-electron chi connectivity index (χ3n) is 5.30. The van der Waals surface area contributed by atoms with Gasteiger partial charge in [0.05, 0.1) is 18.8 Å². The van der Waals surface area contributed by atoms with E-state index in [1.165, 1.54) is 21.6 Å². The number of nitrogens with zero attached hydrogens (tertiary/aromatic N) is 2. The molecule has 154 valence electrons. The smallest absolute Gasteiger partial charge is 0.414 e. The topological polar surface area (TPSA) is 61.9 Å². The van der Waals surface area contributed by atoms with Gasteiger partial charge in [-0.3, -0.25) is 9.69 Å². The molecule has 0 spiro atoms. The minimum Gasteiger partial charge on any atom is -0.442 e. The van der Waals surface area contributed by atoms with Crippen molar-refractivity contribution in [1.82, 2.24) is 5.32 Å². The fraction of sp³-hybridized carbons (Fsp3) is 0.400. The molecule has 0 bridgehead atoms. The van der Waals surface area contributed by atoms with Gasteiger partial charge in [-0.25, -0.2) is 13.6 Å². The van der Waals surface area contributed by atoms with Crippen LogP contribution in [0.15, 0.2) is 34.7 Å². The first-order valence-electron chi connectivity index (χ1n) is 9.40. The summed E-state index contributed by atoms with van der Waals surface area (Å²) in [6.45, 7) is 4.05. The molecule has 0 radical (unpaired) electrons. The van der Waals surface area contributed by atoms with Crippen molar-refractivity contribution in [3.63, 3.8) is 0 Å². The molecule has 0 aromatic heterocycles. The standard InChI is InChI=1S/C20H21F2N3O3S/c1-11-17(29-11)10-24(2)18-15(21)6-13(7-16(18)22)25-9-14(28-20(25)27)8-23-19(26)12-4-3-5-12/h6-7,10,12,14H,1,3-5,8-9H2,2H3,(H,23,26)/b17-10+/t14-/m0/s1. The zero-order chi connectivity index (χ0) is 20.7. The third kappa shape index (κ3) is 4.10. The molecule has 3 aliphatic rings. The first kappa shape index (κ1) is 19.8. The number of hydrogen-bond donors (Lipinski definition) is 1. The summed E-state index contributed by atoms with van der Waals surface area (Å²) in [6, 6.07) is 2.22. The van der Waals surface area contributed by atoms with Crippen LogP contribution >= 0.6 is 11.8 Å². The Bertz CT molecular complexity index is 893. The van der Waals surface area contributed by atoms with Crippen LogP contribution in [0.4, 0.5) is 25.0 Å². The zero-order valence-corrected chi connectivity index (χ0v) is 16.7. The molecule has 4 rings (SSSR count). The third-order valence-corrected chi connectivity index (χ3v) is 6.13. The molecule has 1 aromatic carbocycles. The predicted octanol–water partition coefficient (Wildman–Crippen LogP) is 3.74. The Morgan fingerprint density at radius 3 is 2.62 bits per heavy atom. The number of ether oxygens (including phenoxy) is 1. The summed E-state index contributed by atoms with van der Waals surface area (Å²) >= 11 is 1.44. The minimum atomic E-state index is -0.787. The molecule has 2 saturated heterocycles. The van der Waals surface area contributed by atoms with Gasteiger partial charge < -0.3 is 15.0 Å². The Balaban J connectivity index is 1.43. The summed E-state index contributed by atoms with van der Waals surface area (Å²) in [6.07, 6.45) is 3.16. The lowest BCUT2D eigenvalue weighted by molar-refractivity contribution is -0.127. The summed E-state index contributed by atoms with van der Waals surface area (Å²) < 4.78 is 34.5. The molecular weight excluding hydrogens is 400 g/mol. The van der Waals surface area contributed by atoms with E-state index in [1.807, 2.05) is 0 Å². The van der Waals surface area contributed by atoms with Crippen LogP contribution in [0, 0.1) is 17.6 Å². The van der Waals surface area contributed by atoms with E-state index in [0.29, 0.717) is 0 Å². The van der Waals surface area contributed by atoms with Crippen LogP contribution in [0.25, 0.3) is 0 Å². The molecule has 29 heavy (non-hydrogen) atoms. The van der Waals surface area contributed by atoms with Crippen LogP contribution < -0.4 is 15.1 Å². The van der Waals surface area contributed by atoms with Crippen molar-refractivity contribution < 1.29 is 23.1 Å². The summed E-state index contributed by atoms with van der Waals surface area (Å²) in [5.41, 5.74) is -0.133. The van der Waals surface area contributed by atoms with Crippen LogP contribution in [-0.4, -0.2) is 38.2 Å².